The molecule has 4 N–H and O–H groups in total. The van der Waals surface area contributed by atoms with Crippen molar-refractivity contribution in [1.82, 2.24) is 5.32 Å². The third-order valence-corrected chi connectivity index (χ3v) is 2.34. The van der Waals surface area contributed by atoms with Crippen molar-refractivity contribution >= 4 is 17.4 Å². The number of nitrogens with one attached hydrogen (secondary N) is 2. The van der Waals surface area contributed by atoms with Crippen molar-refractivity contribution in [2.45, 2.75) is 20.8 Å². The lowest BCUT2D eigenvalue weighted by atomic mass is 10.1. The molecule has 0 aliphatic heterocycles. The van der Waals surface area contributed by atoms with Gasteiger partial charge < -0.3 is 16.4 Å². The number of nitrogen functional groups attached to an aromatic ring is 1. The number of carbonyl (C=O) groups is 1. The highest BCUT2D eigenvalue weighted by molar-refractivity contribution is 5.94. The van der Waals surface area contributed by atoms with E-state index in [1.165, 1.54) is 0 Å². The standard InChI is InChI=1S/C11H17N3O/c1-4-13-11(15)14-10-8(3)7(2)5-6-9(10)12/h5-6H,4,12H2,1-3H3,(H2,13,14,15). The van der Waals surface area contributed by atoms with Gasteiger partial charge >= 0.3 is 6.03 Å². The van der Waals surface area contributed by atoms with Gasteiger partial charge in [-0.2, -0.15) is 0 Å². The van der Waals surface area contributed by atoms with Crippen LogP contribution in [0.25, 0.3) is 0 Å². The van der Waals surface area contributed by atoms with E-state index in [0.29, 0.717) is 17.9 Å². The summed E-state index contributed by atoms with van der Waals surface area (Å²) in [5.41, 5.74) is 9.18. The zero-order valence-corrected chi connectivity index (χ0v) is 9.35. The molecule has 1 rings (SSSR count). The zero-order valence-electron chi connectivity index (χ0n) is 9.35. The fourth-order valence-corrected chi connectivity index (χ4v) is 1.32. The zero-order chi connectivity index (χ0) is 11.4. The number of hydrogen-bond donors (Lipinski definition) is 3. The molecule has 0 unspecified atom stereocenters. The number of hydrogen-bond acceptors (Lipinski definition) is 2. The summed E-state index contributed by atoms with van der Waals surface area (Å²) in [5.74, 6) is 0. The van der Waals surface area contributed by atoms with Crippen LogP contribution in [0.4, 0.5) is 16.2 Å². The molecule has 0 bridgehead atoms. The normalized spacial score (nSPS) is 9.80. The van der Waals surface area contributed by atoms with Gasteiger partial charge in [-0.05, 0) is 38.0 Å². The third-order valence-electron chi connectivity index (χ3n) is 2.34. The minimum Gasteiger partial charge on any atom is -0.397 e. The largest absolute Gasteiger partial charge is 0.397 e. The Labute approximate surface area is 89.9 Å². The highest BCUT2D eigenvalue weighted by atomic mass is 16.2. The molecular formula is C11H17N3O. The Morgan fingerprint density at radius 3 is 2.67 bits per heavy atom. The first kappa shape index (κ1) is 11.4. The van der Waals surface area contributed by atoms with E-state index in [1.54, 1.807) is 6.07 Å². The molecule has 1 aromatic carbocycles. The molecule has 0 saturated heterocycles. The van der Waals surface area contributed by atoms with Crippen LogP contribution in [0.5, 0.6) is 0 Å². The van der Waals surface area contributed by atoms with Gasteiger partial charge in [0.05, 0.1) is 11.4 Å². The van der Waals surface area contributed by atoms with Crippen LogP contribution in [-0.4, -0.2) is 12.6 Å². The Morgan fingerprint density at radius 1 is 1.40 bits per heavy atom. The minimum absolute atomic E-state index is 0.224. The molecule has 0 aliphatic carbocycles. The lowest BCUT2D eigenvalue weighted by Crippen LogP contribution is -2.29. The monoisotopic (exact) mass is 207 g/mol. The van der Waals surface area contributed by atoms with E-state index in [0.717, 1.165) is 11.1 Å². The Kier molecular flexibility index (Phi) is 3.55. The Balaban J connectivity index is 2.93. The molecule has 0 radical (unpaired) electrons. The second kappa shape index (κ2) is 4.68. The van der Waals surface area contributed by atoms with Crippen molar-refractivity contribution in [3.05, 3.63) is 23.3 Å². The second-order valence-corrected chi connectivity index (χ2v) is 3.46. The molecule has 0 heterocycles. The smallest absolute Gasteiger partial charge is 0.319 e. The van der Waals surface area contributed by atoms with Crippen LogP contribution in [0, 0.1) is 13.8 Å². The SMILES string of the molecule is CCNC(=O)Nc1c(N)ccc(C)c1C. The quantitative estimate of drug-likeness (QED) is 0.649. The predicted octanol–water partition coefficient (Wildman–Crippen LogP) is 2.03. The van der Waals surface area contributed by atoms with Crippen molar-refractivity contribution in [2.24, 2.45) is 0 Å². The van der Waals surface area contributed by atoms with Crippen LogP contribution >= 0.6 is 0 Å². The summed E-state index contributed by atoms with van der Waals surface area (Å²) in [6, 6.07) is 3.51. The first-order chi connectivity index (χ1) is 7.06. The topological polar surface area (TPSA) is 67.2 Å². The van der Waals surface area contributed by atoms with Crippen molar-refractivity contribution in [1.29, 1.82) is 0 Å². The Bertz CT molecular complexity index is 374. The molecule has 4 nitrogen and oxygen atoms in total. The fourth-order valence-electron chi connectivity index (χ4n) is 1.32. The summed E-state index contributed by atoms with van der Waals surface area (Å²) >= 11 is 0. The summed E-state index contributed by atoms with van der Waals surface area (Å²) in [6.45, 7) is 6.38. The molecule has 0 spiro atoms. The molecule has 0 aromatic heterocycles. The van der Waals surface area contributed by atoms with Crippen molar-refractivity contribution in [3.63, 3.8) is 0 Å². The molecule has 1 aromatic rings. The molecule has 0 saturated carbocycles. The summed E-state index contributed by atoms with van der Waals surface area (Å²) in [5, 5.41) is 5.41. The molecule has 2 amide bonds. The van der Waals surface area contributed by atoms with Gasteiger partial charge in [0, 0.05) is 6.54 Å². The van der Waals surface area contributed by atoms with Crippen LogP contribution in [0.3, 0.4) is 0 Å². The maximum absolute atomic E-state index is 11.4. The molecule has 0 aliphatic rings. The summed E-state index contributed by atoms with van der Waals surface area (Å²) in [7, 11) is 0. The van der Waals surface area contributed by atoms with E-state index in [2.05, 4.69) is 10.6 Å². The van der Waals surface area contributed by atoms with Gasteiger partial charge in [-0.1, -0.05) is 6.07 Å². The van der Waals surface area contributed by atoms with E-state index in [-0.39, 0.29) is 6.03 Å². The number of aryl methyl sites for hydroxylation is 1. The summed E-state index contributed by atoms with van der Waals surface area (Å²) < 4.78 is 0. The van der Waals surface area contributed by atoms with Crippen LogP contribution in [-0.2, 0) is 0 Å². The minimum atomic E-state index is -0.224. The lowest BCUT2D eigenvalue weighted by molar-refractivity contribution is 0.252. The van der Waals surface area contributed by atoms with Crippen molar-refractivity contribution in [3.8, 4) is 0 Å². The van der Waals surface area contributed by atoms with Crippen LogP contribution in [0.1, 0.15) is 18.1 Å². The van der Waals surface area contributed by atoms with Crippen molar-refractivity contribution < 1.29 is 4.79 Å². The van der Waals surface area contributed by atoms with Gasteiger partial charge in [-0.15, -0.1) is 0 Å². The Morgan fingerprint density at radius 2 is 2.07 bits per heavy atom. The second-order valence-electron chi connectivity index (χ2n) is 3.46. The van der Waals surface area contributed by atoms with Crippen molar-refractivity contribution in [2.75, 3.05) is 17.6 Å². The highest BCUT2D eigenvalue weighted by Crippen LogP contribution is 2.25. The first-order valence-corrected chi connectivity index (χ1v) is 4.96. The van der Waals surface area contributed by atoms with Gasteiger partial charge in [0.15, 0.2) is 0 Å². The molecule has 82 valence electrons. The number of amides is 2. The third kappa shape index (κ3) is 2.62. The summed E-state index contributed by atoms with van der Waals surface area (Å²) in [6.07, 6.45) is 0. The van der Waals surface area contributed by atoms with Gasteiger partial charge in [0.25, 0.3) is 0 Å². The maximum atomic E-state index is 11.4. The molecule has 15 heavy (non-hydrogen) atoms. The number of rotatable bonds is 2. The highest BCUT2D eigenvalue weighted by Gasteiger charge is 2.08. The van der Waals surface area contributed by atoms with Crippen LogP contribution < -0.4 is 16.4 Å². The van der Waals surface area contributed by atoms with E-state index in [1.807, 2.05) is 26.8 Å². The number of carbonyl (C=O) groups excluding carboxylic acids is 1. The van der Waals surface area contributed by atoms with Crippen LogP contribution in [0.15, 0.2) is 12.1 Å². The molecule has 4 heteroatoms. The fraction of sp³-hybridized carbons (Fsp3) is 0.364. The average molecular weight is 207 g/mol. The maximum Gasteiger partial charge on any atom is 0.319 e. The number of nitrogens with two attached hydrogens (primary N) is 1. The van der Waals surface area contributed by atoms with Gasteiger partial charge in [0.1, 0.15) is 0 Å². The van der Waals surface area contributed by atoms with E-state index in [4.69, 9.17) is 5.73 Å². The molecule has 0 atom stereocenters. The Hall–Kier alpha value is -1.71. The van der Waals surface area contributed by atoms with E-state index < -0.39 is 0 Å². The summed E-state index contributed by atoms with van der Waals surface area (Å²) in [4.78, 5) is 11.4. The predicted molar refractivity (Wildman–Crippen MR) is 63.0 cm³/mol. The van der Waals surface area contributed by atoms with Gasteiger partial charge in [-0.3, -0.25) is 0 Å². The number of anilines is 2. The molecular weight excluding hydrogens is 190 g/mol. The van der Waals surface area contributed by atoms with E-state index >= 15 is 0 Å². The lowest BCUT2D eigenvalue weighted by Gasteiger charge is -2.13. The number of urea groups is 1. The average Bonchev–Trinajstić information content (AvgIpc) is 2.19. The first-order valence-electron chi connectivity index (χ1n) is 4.96. The van der Waals surface area contributed by atoms with Crippen LogP contribution in [0.2, 0.25) is 0 Å². The van der Waals surface area contributed by atoms with Gasteiger partial charge in [0.2, 0.25) is 0 Å². The van der Waals surface area contributed by atoms with Gasteiger partial charge in [-0.25, -0.2) is 4.79 Å². The number of benzene rings is 1. The molecule has 0 fully saturated rings. The van der Waals surface area contributed by atoms with E-state index in [9.17, 15) is 4.79 Å².